The van der Waals surface area contributed by atoms with Crippen LogP contribution in [0, 0.1) is 6.92 Å². The van der Waals surface area contributed by atoms with Gasteiger partial charge in [-0.1, -0.05) is 19.8 Å². The molecule has 0 radical (unpaired) electrons. The van der Waals surface area contributed by atoms with E-state index in [-0.39, 0.29) is 23.9 Å². The number of anilines is 2. The summed E-state index contributed by atoms with van der Waals surface area (Å²) in [6.07, 6.45) is 7.36. The lowest BCUT2D eigenvalue weighted by molar-refractivity contribution is -0.115. The van der Waals surface area contributed by atoms with Crippen LogP contribution in [0.2, 0.25) is 0 Å². The van der Waals surface area contributed by atoms with Crippen molar-refractivity contribution >= 4 is 23.2 Å². The van der Waals surface area contributed by atoms with Crippen molar-refractivity contribution in [3.63, 3.8) is 0 Å². The largest absolute Gasteiger partial charge is 0.381 e. The van der Waals surface area contributed by atoms with E-state index < -0.39 is 0 Å². The first-order valence-corrected chi connectivity index (χ1v) is 11.2. The molecule has 1 saturated carbocycles. The molecular weight excluding hydrogens is 390 g/mol. The summed E-state index contributed by atoms with van der Waals surface area (Å²) in [7, 11) is 0. The lowest BCUT2D eigenvalue weighted by Crippen LogP contribution is -2.42. The number of carbonyl (C=O) groups excluding carboxylic acids is 2. The molecule has 2 amide bonds. The topological polar surface area (TPSA) is 109 Å². The molecule has 164 valence electrons. The molecule has 0 saturated heterocycles. The highest BCUT2D eigenvalue weighted by Crippen LogP contribution is 2.34. The Morgan fingerprint density at radius 3 is 2.84 bits per heavy atom. The second-order valence-electron chi connectivity index (χ2n) is 8.52. The molecule has 2 heterocycles. The fourth-order valence-electron chi connectivity index (χ4n) is 4.48. The first kappa shape index (κ1) is 21.3. The molecule has 2 unspecified atom stereocenters. The molecule has 2 aromatic rings. The lowest BCUT2D eigenvalue weighted by atomic mass is 9.89. The van der Waals surface area contributed by atoms with E-state index in [9.17, 15) is 9.59 Å². The third kappa shape index (κ3) is 4.56. The molecule has 0 bridgehead atoms. The molecule has 0 spiro atoms. The summed E-state index contributed by atoms with van der Waals surface area (Å²) in [5, 5.41) is 9.49. The van der Waals surface area contributed by atoms with Gasteiger partial charge in [0.1, 0.15) is 0 Å². The van der Waals surface area contributed by atoms with Gasteiger partial charge in [0.15, 0.2) is 0 Å². The van der Waals surface area contributed by atoms with Crippen LogP contribution >= 0.6 is 0 Å². The smallest absolute Gasteiger partial charge is 0.252 e. The molecule has 4 rings (SSSR count). The monoisotopic (exact) mass is 421 g/mol. The van der Waals surface area contributed by atoms with Crippen molar-refractivity contribution in [3.05, 3.63) is 41.2 Å². The number of nitrogens with one attached hydrogen (secondary N) is 3. The second kappa shape index (κ2) is 9.06. The minimum Gasteiger partial charge on any atom is -0.381 e. The summed E-state index contributed by atoms with van der Waals surface area (Å²) < 4.78 is 0. The highest BCUT2D eigenvalue weighted by atomic mass is 16.2. The molecule has 1 aromatic heterocycles. The zero-order valence-electron chi connectivity index (χ0n) is 18.3. The van der Waals surface area contributed by atoms with Crippen LogP contribution in [-0.2, 0) is 11.2 Å². The number of hydrogen-bond donors (Lipinski definition) is 4. The van der Waals surface area contributed by atoms with Gasteiger partial charge in [0.2, 0.25) is 5.91 Å². The summed E-state index contributed by atoms with van der Waals surface area (Å²) in [5.41, 5.74) is 12.1. The van der Waals surface area contributed by atoms with Crippen LogP contribution in [0.3, 0.4) is 0 Å². The zero-order chi connectivity index (χ0) is 22.0. The molecular formula is C24H31N5O2. The summed E-state index contributed by atoms with van der Waals surface area (Å²) in [4.78, 5) is 29.2. The van der Waals surface area contributed by atoms with E-state index in [1.807, 2.05) is 26.0 Å². The summed E-state index contributed by atoms with van der Waals surface area (Å²) in [6, 6.07) is 6.37. The van der Waals surface area contributed by atoms with Crippen LogP contribution in [0.15, 0.2) is 24.4 Å². The van der Waals surface area contributed by atoms with E-state index in [4.69, 9.17) is 5.73 Å². The highest BCUT2D eigenvalue weighted by molar-refractivity contribution is 6.04. The Morgan fingerprint density at radius 1 is 1.26 bits per heavy atom. The van der Waals surface area contributed by atoms with Crippen molar-refractivity contribution in [2.75, 3.05) is 17.2 Å². The van der Waals surface area contributed by atoms with Gasteiger partial charge in [-0.05, 0) is 55.5 Å². The number of nitrogens with two attached hydrogens (primary N) is 1. The third-order valence-electron chi connectivity index (χ3n) is 6.29. The van der Waals surface area contributed by atoms with E-state index in [1.165, 1.54) is 12.8 Å². The van der Waals surface area contributed by atoms with E-state index in [0.29, 0.717) is 24.2 Å². The summed E-state index contributed by atoms with van der Waals surface area (Å²) in [5.74, 6) is -0.139. The maximum atomic E-state index is 12.8. The van der Waals surface area contributed by atoms with Crippen LogP contribution < -0.4 is 21.7 Å². The van der Waals surface area contributed by atoms with Gasteiger partial charge in [-0.2, -0.15) is 0 Å². The third-order valence-corrected chi connectivity index (χ3v) is 6.29. The second-order valence-corrected chi connectivity index (χ2v) is 8.52. The highest BCUT2D eigenvalue weighted by Gasteiger charge is 2.26. The van der Waals surface area contributed by atoms with E-state index in [1.54, 1.807) is 6.20 Å². The van der Waals surface area contributed by atoms with Crippen molar-refractivity contribution in [1.29, 1.82) is 0 Å². The van der Waals surface area contributed by atoms with Gasteiger partial charge < -0.3 is 21.7 Å². The SMILES string of the molecule is CCC(=O)Nc1cc(-c2cc(NC3CCCCC3N)cc3c2C(=O)NCC3)cnc1C. The number of benzene rings is 1. The minimum absolute atomic E-state index is 0.0662. The molecule has 1 aromatic carbocycles. The fraction of sp³-hybridized carbons (Fsp3) is 0.458. The molecule has 2 atom stereocenters. The predicted octanol–water partition coefficient (Wildman–Crippen LogP) is 3.37. The number of hydrogen-bond acceptors (Lipinski definition) is 5. The number of pyridine rings is 1. The first-order chi connectivity index (χ1) is 15.0. The van der Waals surface area contributed by atoms with E-state index in [0.717, 1.165) is 47.3 Å². The molecule has 5 N–H and O–H groups in total. The number of nitrogens with zero attached hydrogens (tertiary/aromatic N) is 1. The zero-order valence-corrected chi connectivity index (χ0v) is 18.3. The number of aryl methyl sites for hydroxylation is 1. The first-order valence-electron chi connectivity index (χ1n) is 11.2. The van der Waals surface area contributed by atoms with Gasteiger partial charge in [-0.3, -0.25) is 14.6 Å². The van der Waals surface area contributed by atoms with Crippen molar-refractivity contribution in [1.82, 2.24) is 10.3 Å². The lowest BCUT2D eigenvalue weighted by Gasteiger charge is -2.31. The molecule has 7 heteroatoms. The van der Waals surface area contributed by atoms with Crippen molar-refractivity contribution in [2.24, 2.45) is 5.73 Å². The number of fused-ring (bicyclic) bond motifs is 1. The fourth-order valence-corrected chi connectivity index (χ4v) is 4.48. The average molecular weight is 422 g/mol. The Balaban J connectivity index is 1.76. The summed E-state index contributed by atoms with van der Waals surface area (Å²) in [6.45, 7) is 4.30. The Hall–Kier alpha value is -2.93. The Bertz CT molecular complexity index is 1000. The molecule has 1 aliphatic heterocycles. The molecule has 7 nitrogen and oxygen atoms in total. The number of rotatable bonds is 5. The molecule has 1 aliphatic carbocycles. The molecule has 31 heavy (non-hydrogen) atoms. The average Bonchev–Trinajstić information content (AvgIpc) is 2.76. The van der Waals surface area contributed by atoms with Crippen molar-refractivity contribution in [3.8, 4) is 11.1 Å². The van der Waals surface area contributed by atoms with E-state index in [2.05, 4.69) is 27.0 Å². The van der Waals surface area contributed by atoms with Crippen LogP contribution in [0.5, 0.6) is 0 Å². The molecule has 1 fully saturated rings. The van der Waals surface area contributed by atoms with Gasteiger partial charge in [-0.25, -0.2) is 0 Å². The van der Waals surface area contributed by atoms with Crippen LogP contribution in [0.1, 0.15) is 60.6 Å². The van der Waals surface area contributed by atoms with Gasteiger partial charge in [0.05, 0.1) is 16.9 Å². The van der Waals surface area contributed by atoms with Crippen LogP contribution in [-0.4, -0.2) is 35.4 Å². The Labute approximate surface area is 183 Å². The Kier molecular flexibility index (Phi) is 6.23. The van der Waals surface area contributed by atoms with Crippen LogP contribution in [0.25, 0.3) is 11.1 Å². The number of carbonyl (C=O) groups is 2. The van der Waals surface area contributed by atoms with Gasteiger partial charge >= 0.3 is 0 Å². The predicted molar refractivity (Wildman–Crippen MR) is 123 cm³/mol. The minimum atomic E-state index is -0.0723. The van der Waals surface area contributed by atoms with E-state index >= 15 is 0 Å². The normalized spacial score (nSPS) is 20.5. The van der Waals surface area contributed by atoms with Crippen molar-refractivity contribution < 1.29 is 9.59 Å². The Morgan fingerprint density at radius 2 is 2.06 bits per heavy atom. The van der Waals surface area contributed by atoms with Crippen LogP contribution in [0.4, 0.5) is 11.4 Å². The molecule has 2 aliphatic rings. The number of aromatic nitrogens is 1. The maximum absolute atomic E-state index is 12.8. The number of amides is 2. The quantitative estimate of drug-likeness (QED) is 0.592. The van der Waals surface area contributed by atoms with Gasteiger partial charge in [-0.15, -0.1) is 0 Å². The standard InChI is InChI=1S/C24H31N5O2/c1-3-22(30)29-21-11-16(13-27-14(21)2)18-12-17(28-20-7-5-4-6-19(20)25)10-15-8-9-26-24(31)23(15)18/h10-13,19-20,28H,3-9,25H2,1-2H3,(H,26,31)(H,29,30). The maximum Gasteiger partial charge on any atom is 0.252 e. The summed E-state index contributed by atoms with van der Waals surface area (Å²) >= 11 is 0. The van der Waals surface area contributed by atoms with Gasteiger partial charge in [0, 0.05) is 42.5 Å². The van der Waals surface area contributed by atoms with Gasteiger partial charge in [0.25, 0.3) is 5.91 Å². The van der Waals surface area contributed by atoms with Crippen molar-refractivity contribution in [2.45, 2.75) is 64.5 Å².